The quantitative estimate of drug-likeness (QED) is 0.894. The molecular formula is C22H20N4O2. The standard InChI is InChI=1S/C22H20N4O2/c1-25-21(28)22(14-24)18(15-9-5-3-6-10-15)17(13-23)20(27)26(2)19(22)16-11-7-4-8-12-16/h3-12,17-19H,1-2H3,(H,25,28). The second kappa shape index (κ2) is 7.54. The van der Waals surface area contributed by atoms with Crippen LogP contribution in [-0.4, -0.2) is 30.8 Å². The molecule has 0 saturated carbocycles. The Hall–Kier alpha value is -3.64. The molecule has 1 aliphatic rings. The van der Waals surface area contributed by atoms with Crippen molar-refractivity contribution in [1.82, 2.24) is 10.2 Å². The van der Waals surface area contributed by atoms with Crippen LogP contribution in [0.5, 0.6) is 0 Å². The summed E-state index contributed by atoms with van der Waals surface area (Å²) in [6, 6.07) is 21.3. The van der Waals surface area contributed by atoms with Crippen LogP contribution in [0.1, 0.15) is 23.1 Å². The first-order chi connectivity index (χ1) is 13.5. The van der Waals surface area contributed by atoms with E-state index in [1.165, 1.54) is 11.9 Å². The highest BCUT2D eigenvalue weighted by molar-refractivity contribution is 5.94. The summed E-state index contributed by atoms with van der Waals surface area (Å²) in [5.74, 6) is -2.97. The Morgan fingerprint density at radius 1 is 1.04 bits per heavy atom. The van der Waals surface area contributed by atoms with E-state index in [0.29, 0.717) is 11.1 Å². The number of hydrogen-bond donors (Lipinski definition) is 1. The first kappa shape index (κ1) is 19.1. The summed E-state index contributed by atoms with van der Waals surface area (Å²) in [6.45, 7) is 0. The number of carbonyl (C=O) groups is 2. The molecule has 2 aromatic rings. The lowest BCUT2D eigenvalue weighted by atomic mass is 9.58. The van der Waals surface area contributed by atoms with Gasteiger partial charge >= 0.3 is 0 Å². The van der Waals surface area contributed by atoms with Crippen LogP contribution in [0.25, 0.3) is 0 Å². The molecule has 1 N–H and O–H groups in total. The molecule has 0 spiro atoms. The summed E-state index contributed by atoms with van der Waals surface area (Å²) in [7, 11) is 3.00. The molecule has 0 radical (unpaired) electrons. The van der Waals surface area contributed by atoms with Gasteiger partial charge in [-0.1, -0.05) is 60.7 Å². The highest BCUT2D eigenvalue weighted by Gasteiger charge is 2.63. The molecule has 4 unspecified atom stereocenters. The molecule has 4 atom stereocenters. The fraction of sp³-hybridized carbons (Fsp3) is 0.273. The molecule has 28 heavy (non-hydrogen) atoms. The van der Waals surface area contributed by atoms with E-state index in [4.69, 9.17) is 0 Å². The van der Waals surface area contributed by atoms with Gasteiger partial charge in [-0.25, -0.2) is 0 Å². The lowest BCUT2D eigenvalue weighted by molar-refractivity contribution is -0.151. The van der Waals surface area contributed by atoms with E-state index in [1.54, 1.807) is 55.6 Å². The predicted molar refractivity (Wildman–Crippen MR) is 102 cm³/mol. The maximum atomic E-state index is 13.2. The van der Waals surface area contributed by atoms with E-state index < -0.39 is 35.1 Å². The van der Waals surface area contributed by atoms with E-state index >= 15 is 0 Å². The van der Waals surface area contributed by atoms with Crippen molar-refractivity contribution in [3.05, 3.63) is 71.8 Å². The Bertz CT molecular complexity index is 962. The van der Waals surface area contributed by atoms with Crippen molar-refractivity contribution in [1.29, 1.82) is 10.5 Å². The van der Waals surface area contributed by atoms with Crippen LogP contribution in [-0.2, 0) is 9.59 Å². The Balaban J connectivity index is 2.36. The zero-order chi connectivity index (χ0) is 20.3. The third-order valence-electron chi connectivity index (χ3n) is 5.46. The number of rotatable bonds is 3. The normalized spacial score (nSPS) is 26.8. The molecule has 1 aliphatic heterocycles. The molecule has 0 aliphatic carbocycles. The monoisotopic (exact) mass is 372 g/mol. The molecule has 1 fully saturated rings. The molecule has 0 aromatic heterocycles. The van der Waals surface area contributed by atoms with Gasteiger partial charge in [0.2, 0.25) is 11.8 Å². The molecule has 2 amide bonds. The Morgan fingerprint density at radius 2 is 1.57 bits per heavy atom. The number of benzene rings is 2. The van der Waals surface area contributed by atoms with Crippen molar-refractivity contribution in [2.24, 2.45) is 11.3 Å². The van der Waals surface area contributed by atoms with Crippen LogP contribution >= 0.6 is 0 Å². The summed E-state index contributed by atoms with van der Waals surface area (Å²) in [4.78, 5) is 27.7. The van der Waals surface area contributed by atoms with Crippen molar-refractivity contribution in [3.8, 4) is 12.1 Å². The van der Waals surface area contributed by atoms with Crippen molar-refractivity contribution >= 4 is 11.8 Å². The third kappa shape index (κ3) is 2.71. The van der Waals surface area contributed by atoms with Crippen LogP contribution in [0.15, 0.2) is 60.7 Å². The zero-order valence-corrected chi connectivity index (χ0v) is 15.7. The fourth-order valence-electron chi connectivity index (χ4n) is 4.25. The third-order valence-corrected chi connectivity index (χ3v) is 5.46. The first-order valence-corrected chi connectivity index (χ1v) is 8.92. The fourth-order valence-corrected chi connectivity index (χ4v) is 4.25. The average molecular weight is 372 g/mol. The van der Waals surface area contributed by atoms with Gasteiger partial charge in [-0.3, -0.25) is 9.59 Å². The molecular weight excluding hydrogens is 352 g/mol. The summed E-state index contributed by atoms with van der Waals surface area (Å²) >= 11 is 0. The smallest absolute Gasteiger partial charge is 0.243 e. The number of nitrogens with zero attached hydrogens (tertiary/aromatic N) is 3. The van der Waals surface area contributed by atoms with Gasteiger partial charge in [0, 0.05) is 20.0 Å². The van der Waals surface area contributed by atoms with Crippen molar-refractivity contribution in [2.75, 3.05) is 14.1 Å². The van der Waals surface area contributed by atoms with Crippen LogP contribution in [0, 0.1) is 34.0 Å². The maximum Gasteiger partial charge on any atom is 0.243 e. The average Bonchev–Trinajstić information content (AvgIpc) is 2.75. The van der Waals surface area contributed by atoms with Gasteiger partial charge in [0.1, 0.15) is 5.92 Å². The highest BCUT2D eigenvalue weighted by atomic mass is 16.2. The number of amides is 2. The SMILES string of the molecule is CNC(=O)C1(C#N)C(c2ccccc2)C(C#N)C(=O)N(C)C1c1ccccc1. The molecule has 6 nitrogen and oxygen atoms in total. The Labute approximate surface area is 164 Å². The van der Waals surface area contributed by atoms with Gasteiger partial charge in [-0.2, -0.15) is 10.5 Å². The van der Waals surface area contributed by atoms with E-state index in [0.717, 1.165) is 0 Å². The molecule has 1 heterocycles. The second-order valence-electron chi connectivity index (χ2n) is 6.82. The minimum atomic E-state index is -1.67. The van der Waals surface area contributed by atoms with Crippen molar-refractivity contribution in [3.63, 3.8) is 0 Å². The zero-order valence-electron chi connectivity index (χ0n) is 15.7. The van der Waals surface area contributed by atoms with E-state index in [9.17, 15) is 20.1 Å². The van der Waals surface area contributed by atoms with Crippen molar-refractivity contribution in [2.45, 2.75) is 12.0 Å². The number of nitriles is 2. The van der Waals surface area contributed by atoms with E-state index in [-0.39, 0.29) is 0 Å². The van der Waals surface area contributed by atoms with Crippen molar-refractivity contribution < 1.29 is 9.59 Å². The van der Waals surface area contributed by atoms with Gasteiger partial charge in [-0.15, -0.1) is 0 Å². The van der Waals surface area contributed by atoms with Crippen LogP contribution in [0.3, 0.4) is 0 Å². The minimum Gasteiger partial charge on any atom is -0.358 e. The maximum absolute atomic E-state index is 13.2. The van der Waals surface area contributed by atoms with Gasteiger partial charge in [0.15, 0.2) is 5.41 Å². The van der Waals surface area contributed by atoms with Crippen LogP contribution in [0.2, 0.25) is 0 Å². The lowest BCUT2D eigenvalue weighted by Crippen LogP contribution is -2.60. The van der Waals surface area contributed by atoms with Crippen LogP contribution in [0.4, 0.5) is 0 Å². The number of piperidine rings is 1. The molecule has 2 aromatic carbocycles. The number of nitrogens with one attached hydrogen (secondary N) is 1. The number of carbonyl (C=O) groups excluding carboxylic acids is 2. The van der Waals surface area contributed by atoms with Gasteiger partial charge < -0.3 is 10.2 Å². The summed E-state index contributed by atoms with van der Waals surface area (Å²) in [5.41, 5.74) is -0.386. The lowest BCUT2D eigenvalue weighted by Gasteiger charge is -2.49. The Morgan fingerprint density at radius 3 is 2.04 bits per heavy atom. The van der Waals surface area contributed by atoms with Crippen LogP contribution < -0.4 is 5.32 Å². The summed E-state index contributed by atoms with van der Waals surface area (Å²) < 4.78 is 0. The molecule has 0 bridgehead atoms. The molecule has 3 rings (SSSR count). The highest BCUT2D eigenvalue weighted by Crippen LogP contribution is 2.55. The summed E-state index contributed by atoms with van der Waals surface area (Å²) in [5, 5.41) is 22.8. The second-order valence-corrected chi connectivity index (χ2v) is 6.82. The molecule has 1 saturated heterocycles. The number of likely N-dealkylation sites (tertiary alicyclic amines) is 1. The van der Waals surface area contributed by atoms with Gasteiger partial charge in [0.05, 0.1) is 18.2 Å². The van der Waals surface area contributed by atoms with E-state index in [2.05, 4.69) is 17.5 Å². The Kier molecular flexibility index (Phi) is 5.15. The molecule has 6 heteroatoms. The van der Waals surface area contributed by atoms with E-state index in [1.807, 2.05) is 12.1 Å². The first-order valence-electron chi connectivity index (χ1n) is 8.92. The molecule has 140 valence electrons. The predicted octanol–water partition coefficient (Wildman–Crippen LogP) is 2.38. The van der Waals surface area contributed by atoms with Gasteiger partial charge in [0.25, 0.3) is 0 Å². The topological polar surface area (TPSA) is 97.0 Å². The van der Waals surface area contributed by atoms with Gasteiger partial charge in [-0.05, 0) is 11.1 Å². The largest absolute Gasteiger partial charge is 0.358 e. The minimum absolute atomic E-state index is 0.403. The summed E-state index contributed by atoms with van der Waals surface area (Å²) in [6.07, 6.45) is 0. The number of hydrogen-bond acceptors (Lipinski definition) is 4.